The van der Waals surface area contributed by atoms with Crippen LogP contribution in [0.25, 0.3) is 6.08 Å². The molecule has 5 rings (SSSR count). The molecule has 0 saturated carbocycles. The van der Waals surface area contributed by atoms with Crippen LogP contribution in [0.5, 0.6) is 5.75 Å². The molecule has 3 aliphatic rings. The van der Waals surface area contributed by atoms with Crippen molar-refractivity contribution in [2.24, 2.45) is 0 Å². The number of benzene rings is 2. The van der Waals surface area contributed by atoms with Crippen LogP contribution in [0.2, 0.25) is 0 Å². The third kappa shape index (κ3) is 3.87. The highest BCUT2D eigenvalue weighted by atomic mass is 19.1. The molecule has 166 valence electrons. The summed E-state index contributed by atoms with van der Waals surface area (Å²) >= 11 is 0. The second kappa shape index (κ2) is 8.37. The number of amides is 2. The number of fused-ring (bicyclic) bond motifs is 1. The van der Waals surface area contributed by atoms with Gasteiger partial charge in [0, 0.05) is 31.5 Å². The van der Waals surface area contributed by atoms with Crippen molar-refractivity contribution in [3.63, 3.8) is 0 Å². The Morgan fingerprint density at radius 1 is 1.03 bits per heavy atom. The Morgan fingerprint density at radius 3 is 2.47 bits per heavy atom. The summed E-state index contributed by atoms with van der Waals surface area (Å²) in [6.07, 6.45) is 2.57. The number of nitrogens with zero attached hydrogens (tertiary/aromatic N) is 2. The van der Waals surface area contributed by atoms with E-state index < -0.39 is 17.5 Å². The van der Waals surface area contributed by atoms with E-state index >= 15 is 0 Å². The third-order valence-electron chi connectivity index (χ3n) is 6.01. The molecule has 8 heteroatoms. The maximum Gasteiger partial charge on any atom is 0.294 e. The molecule has 32 heavy (non-hydrogen) atoms. The van der Waals surface area contributed by atoms with E-state index in [0.717, 1.165) is 0 Å². The Kier molecular flexibility index (Phi) is 5.40. The topological polar surface area (TPSA) is 68.3 Å². The van der Waals surface area contributed by atoms with E-state index in [4.69, 9.17) is 14.2 Å². The lowest BCUT2D eigenvalue weighted by molar-refractivity contribution is -0.187. The van der Waals surface area contributed by atoms with Gasteiger partial charge in [0.25, 0.3) is 5.91 Å². The first-order valence-electron chi connectivity index (χ1n) is 10.7. The second-order valence-electron chi connectivity index (χ2n) is 7.98. The Bertz CT molecular complexity index is 1070. The van der Waals surface area contributed by atoms with E-state index in [-0.39, 0.29) is 23.8 Å². The van der Waals surface area contributed by atoms with Gasteiger partial charge in [0.15, 0.2) is 17.3 Å². The van der Waals surface area contributed by atoms with Gasteiger partial charge >= 0.3 is 0 Å². The van der Waals surface area contributed by atoms with E-state index in [0.29, 0.717) is 50.6 Å². The van der Waals surface area contributed by atoms with Gasteiger partial charge in [-0.15, -0.1) is 0 Å². The highest BCUT2D eigenvalue weighted by Crippen LogP contribution is 2.36. The molecular weight excluding hydrogens is 415 g/mol. The number of carbonyl (C=O) groups is 2. The number of piperidine rings is 1. The van der Waals surface area contributed by atoms with Crippen molar-refractivity contribution < 1.29 is 28.2 Å². The van der Waals surface area contributed by atoms with Crippen molar-refractivity contribution in [3.05, 3.63) is 65.7 Å². The number of hydrogen-bond donors (Lipinski definition) is 0. The van der Waals surface area contributed by atoms with Crippen molar-refractivity contribution in [1.82, 2.24) is 4.90 Å². The summed E-state index contributed by atoms with van der Waals surface area (Å²) in [4.78, 5) is 29.4. The molecule has 2 aromatic rings. The number of likely N-dealkylation sites (tertiary alicyclic amines) is 1. The summed E-state index contributed by atoms with van der Waals surface area (Å²) in [5.74, 6) is -1.30. The van der Waals surface area contributed by atoms with Gasteiger partial charge in [-0.3, -0.25) is 14.5 Å². The minimum absolute atomic E-state index is 0.0352. The molecule has 0 unspecified atom stereocenters. The Morgan fingerprint density at radius 2 is 1.72 bits per heavy atom. The first-order chi connectivity index (χ1) is 15.5. The molecule has 0 bridgehead atoms. The van der Waals surface area contributed by atoms with E-state index in [1.54, 1.807) is 47.4 Å². The first-order valence-corrected chi connectivity index (χ1v) is 10.7. The van der Waals surface area contributed by atoms with Crippen molar-refractivity contribution in [2.75, 3.05) is 37.7 Å². The van der Waals surface area contributed by atoms with Crippen LogP contribution in [0.3, 0.4) is 0 Å². The van der Waals surface area contributed by atoms with Gasteiger partial charge in [0.1, 0.15) is 12.4 Å². The molecule has 2 aromatic carbocycles. The molecule has 0 N–H and O–H groups in total. The highest BCUT2D eigenvalue weighted by Gasteiger charge is 2.41. The lowest BCUT2D eigenvalue weighted by Crippen LogP contribution is -2.51. The van der Waals surface area contributed by atoms with E-state index in [1.807, 2.05) is 0 Å². The highest BCUT2D eigenvalue weighted by molar-refractivity contribution is 6.12. The zero-order valence-electron chi connectivity index (χ0n) is 17.5. The van der Waals surface area contributed by atoms with Crippen LogP contribution in [0.15, 0.2) is 54.3 Å². The summed E-state index contributed by atoms with van der Waals surface area (Å²) in [6, 6.07) is 13.1. The van der Waals surface area contributed by atoms with Gasteiger partial charge in [-0.05, 0) is 24.3 Å². The largest absolute Gasteiger partial charge is 0.449 e. The van der Waals surface area contributed by atoms with Crippen molar-refractivity contribution in [1.29, 1.82) is 0 Å². The predicted octanol–water partition coefficient (Wildman–Crippen LogP) is 2.96. The summed E-state index contributed by atoms with van der Waals surface area (Å²) in [6.45, 7) is 2.00. The van der Waals surface area contributed by atoms with E-state index in [9.17, 15) is 14.0 Å². The number of ether oxygens (including phenoxy) is 3. The summed E-state index contributed by atoms with van der Waals surface area (Å²) in [7, 11) is 0. The van der Waals surface area contributed by atoms with Crippen LogP contribution in [-0.4, -0.2) is 55.3 Å². The standard InChI is InChI=1S/C24H23FN2O5/c25-18-6-2-1-5-17(18)15-21-23(29)27(19-7-3-4-8-20(19)32-21)16-22(28)26-11-9-24(10-12-26)30-13-14-31-24/h1-8,15H,9-14,16H2/b21-15-. The lowest BCUT2D eigenvalue weighted by Gasteiger charge is -2.38. The van der Waals surface area contributed by atoms with Gasteiger partial charge in [0.05, 0.1) is 18.9 Å². The molecule has 0 atom stereocenters. The molecular formula is C24H23FN2O5. The molecule has 2 amide bonds. The zero-order chi connectivity index (χ0) is 22.1. The van der Waals surface area contributed by atoms with Crippen molar-refractivity contribution in [3.8, 4) is 5.75 Å². The molecule has 7 nitrogen and oxygen atoms in total. The van der Waals surface area contributed by atoms with E-state index in [2.05, 4.69) is 0 Å². The molecule has 3 aliphatic heterocycles. The average Bonchev–Trinajstić information content (AvgIpc) is 3.26. The molecule has 2 fully saturated rings. The van der Waals surface area contributed by atoms with Gasteiger partial charge < -0.3 is 19.1 Å². The van der Waals surface area contributed by atoms with Crippen LogP contribution < -0.4 is 9.64 Å². The lowest BCUT2D eigenvalue weighted by atomic mass is 10.0. The maximum atomic E-state index is 14.1. The van der Waals surface area contributed by atoms with Gasteiger partial charge in [-0.25, -0.2) is 4.39 Å². The molecule has 0 aromatic heterocycles. The van der Waals surface area contributed by atoms with Crippen LogP contribution in [0, 0.1) is 5.82 Å². The van der Waals surface area contributed by atoms with Crippen molar-refractivity contribution in [2.45, 2.75) is 18.6 Å². The smallest absolute Gasteiger partial charge is 0.294 e. The van der Waals surface area contributed by atoms with Crippen LogP contribution >= 0.6 is 0 Å². The van der Waals surface area contributed by atoms with Crippen LogP contribution in [0.1, 0.15) is 18.4 Å². The second-order valence-corrected chi connectivity index (χ2v) is 7.98. The molecule has 1 spiro atoms. The minimum Gasteiger partial charge on any atom is -0.449 e. The quantitative estimate of drug-likeness (QED) is 0.690. The zero-order valence-corrected chi connectivity index (χ0v) is 17.5. The van der Waals surface area contributed by atoms with Gasteiger partial charge in [-0.2, -0.15) is 0 Å². The minimum atomic E-state index is -0.576. The average molecular weight is 438 g/mol. The van der Waals surface area contributed by atoms with E-state index in [1.165, 1.54) is 17.0 Å². The first kappa shape index (κ1) is 20.7. The molecule has 0 aliphatic carbocycles. The maximum absolute atomic E-state index is 14.1. The number of hydrogen-bond acceptors (Lipinski definition) is 5. The summed E-state index contributed by atoms with van der Waals surface area (Å²) < 4.78 is 31.4. The normalized spacial score (nSPS) is 21.0. The molecule has 0 radical (unpaired) electrons. The fourth-order valence-corrected chi connectivity index (χ4v) is 4.27. The molecule has 3 heterocycles. The predicted molar refractivity (Wildman–Crippen MR) is 114 cm³/mol. The Hall–Kier alpha value is -3.23. The van der Waals surface area contributed by atoms with Crippen molar-refractivity contribution >= 4 is 23.6 Å². The fourth-order valence-electron chi connectivity index (χ4n) is 4.27. The summed E-state index contributed by atoms with van der Waals surface area (Å²) in [5.41, 5.74) is 0.742. The Balaban J connectivity index is 1.37. The number of anilines is 1. The number of halogens is 1. The monoisotopic (exact) mass is 438 g/mol. The summed E-state index contributed by atoms with van der Waals surface area (Å²) in [5, 5.41) is 0. The molecule has 2 saturated heterocycles. The number of para-hydroxylation sites is 2. The number of rotatable bonds is 3. The Labute approximate surface area is 185 Å². The third-order valence-corrected chi connectivity index (χ3v) is 6.01. The van der Waals surface area contributed by atoms with Crippen LogP contribution in [-0.2, 0) is 19.1 Å². The fraction of sp³-hybridized carbons (Fsp3) is 0.333. The van der Waals surface area contributed by atoms with Gasteiger partial charge in [-0.1, -0.05) is 30.3 Å². The SMILES string of the molecule is O=C(CN1C(=O)/C(=C/c2ccccc2F)Oc2ccccc21)N1CCC2(CC1)OCCO2. The van der Waals surface area contributed by atoms with Gasteiger partial charge in [0.2, 0.25) is 5.91 Å². The number of carbonyl (C=O) groups excluding carboxylic acids is 2. The van der Waals surface area contributed by atoms with Crippen LogP contribution in [0.4, 0.5) is 10.1 Å².